The first-order chi connectivity index (χ1) is 18.2. The maximum Gasteiger partial charge on any atom is 0.408 e. The highest BCUT2D eigenvalue weighted by Crippen LogP contribution is 2.38. The number of rotatable bonds is 12. The molecule has 39 heavy (non-hydrogen) atoms. The Morgan fingerprint density at radius 2 is 1.82 bits per heavy atom. The zero-order valence-corrected chi connectivity index (χ0v) is 24.3. The zero-order valence-electron chi connectivity index (χ0n) is 24.3. The molecule has 1 aromatic carbocycles. The zero-order chi connectivity index (χ0) is 29.3. The molecule has 0 radical (unpaired) electrons. The van der Waals surface area contributed by atoms with E-state index >= 15 is 0 Å². The van der Waals surface area contributed by atoms with Gasteiger partial charge in [0.05, 0.1) is 13.0 Å². The molecule has 3 N–H and O–H groups in total. The van der Waals surface area contributed by atoms with Crippen molar-refractivity contribution in [1.82, 2.24) is 15.5 Å². The normalized spacial score (nSPS) is 15.1. The van der Waals surface area contributed by atoms with E-state index in [2.05, 4.69) is 10.6 Å². The number of hydrogen-bond donors (Lipinski definition) is 3. The van der Waals surface area contributed by atoms with Gasteiger partial charge in [0, 0.05) is 18.2 Å². The highest BCUT2D eigenvalue weighted by Gasteiger charge is 2.43. The molecule has 1 aliphatic rings. The number of ether oxygens (including phenoxy) is 2. The first-order valence-corrected chi connectivity index (χ1v) is 13.8. The first-order valence-electron chi connectivity index (χ1n) is 13.8. The van der Waals surface area contributed by atoms with Crippen molar-refractivity contribution in [2.75, 3.05) is 13.2 Å². The molecule has 218 valence electrons. The topological polar surface area (TPSA) is 134 Å². The third-order valence-corrected chi connectivity index (χ3v) is 6.44. The third-order valence-electron chi connectivity index (χ3n) is 6.44. The number of esters is 1. The fraction of sp³-hybridized carbons (Fsp3) is 0.655. The van der Waals surface area contributed by atoms with Gasteiger partial charge in [-0.2, -0.15) is 0 Å². The molecule has 2 rings (SSSR count). The van der Waals surface area contributed by atoms with Crippen molar-refractivity contribution in [3.8, 4) is 5.75 Å². The minimum absolute atomic E-state index is 0.0129. The van der Waals surface area contributed by atoms with Crippen LogP contribution in [0, 0.1) is 12.8 Å². The summed E-state index contributed by atoms with van der Waals surface area (Å²) in [7, 11) is 0. The lowest BCUT2D eigenvalue weighted by Crippen LogP contribution is -2.57. The minimum atomic E-state index is -1.17. The smallest absolute Gasteiger partial charge is 0.408 e. The second-order valence-electron chi connectivity index (χ2n) is 11.4. The van der Waals surface area contributed by atoms with Crippen molar-refractivity contribution in [3.05, 3.63) is 29.3 Å². The number of nitrogens with zero attached hydrogens (tertiary/aromatic N) is 1. The van der Waals surface area contributed by atoms with Crippen LogP contribution < -0.4 is 10.6 Å². The van der Waals surface area contributed by atoms with Crippen LogP contribution in [0.5, 0.6) is 5.75 Å². The van der Waals surface area contributed by atoms with Crippen LogP contribution in [0.3, 0.4) is 0 Å². The fourth-order valence-corrected chi connectivity index (χ4v) is 4.44. The molecule has 0 saturated heterocycles. The maximum atomic E-state index is 14.2. The second kappa shape index (κ2) is 14.2. The maximum absolute atomic E-state index is 14.2. The van der Waals surface area contributed by atoms with E-state index in [0.29, 0.717) is 24.8 Å². The van der Waals surface area contributed by atoms with Gasteiger partial charge in [0.1, 0.15) is 23.4 Å². The van der Waals surface area contributed by atoms with Gasteiger partial charge in [0.25, 0.3) is 0 Å². The van der Waals surface area contributed by atoms with Gasteiger partial charge in [-0.25, -0.2) is 4.79 Å². The van der Waals surface area contributed by atoms with E-state index in [1.54, 1.807) is 52.8 Å². The number of amides is 3. The van der Waals surface area contributed by atoms with Gasteiger partial charge in [-0.15, -0.1) is 0 Å². The molecule has 2 unspecified atom stereocenters. The number of carbonyl (C=O) groups is 4. The fourth-order valence-electron chi connectivity index (χ4n) is 4.44. The summed E-state index contributed by atoms with van der Waals surface area (Å²) in [5.74, 6) is -1.42. The third kappa shape index (κ3) is 9.44. The predicted molar refractivity (Wildman–Crippen MR) is 147 cm³/mol. The van der Waals surface area contributed by atoms with Gasteiger partial charge < -0.3 is 30.1 Å². The molecule has 0 heterocycles. The average Bonchev–Trinajstić information content (AvgIpc) is 2.77. The summed E-state index contributed by atoms with van der Waals surface area (Å²) in [6.45, 7) is 12.8. The molecular weight excluding hydrogens is 502 g/mol. The van der Waals surface area contributed by atoms with E-state index < -0.39 is 41.6 Å². The van der Waals surface area contributed by atoms with Crippen LogP contribution in [0.1, 0.15) is 90.8 Å². The van der Waals surface area contributed by atoms with E-state index in [0.717, 1.165) is 6.42 Å². The molecule has 0 bridgehead atoms. The number of carbonyl (C=O) groups excluding carboxylic acids is 4. The number of aryl methyl sites for hydroxylation is 1. The number of aromatic hydroxyl groups is 1. The number of para-hydroxylation sites is 1. The number of benzene rings is 1. The Kier molecular flexibility index (Phi) is 11.6. The van der Waals surface area contributed by atoms with Gasteiger partial charge in [-0.05, 0) is 71.8 Å². The van der Waals surface area contributed by atoms with Crippen molar-refractivity contribution in [1.29, 1.82) is 0 Å². The molecule has 1 aromatic rings. The van der Waals surface area contributed by atoms with Crippen LogP contribution in [-0.2, 0) is 23.9 Å². The molecule has 1 saturated carbocycles. The second-order valence-corrected chi connectivity index (χ2v) is 11.4. The van der Waals surface area contributed by atoms with Crippen LogP contribution in [0.25, 0.3) is 0 Å². The highest BCUT2D eigenvalue weighted by molar-refractivity contribution is 5.93. The summed E-state index contributed by atoms with van der Waals surface area (Å²) in [5, 5.41) is 16.5. The van der Waals surface area contributed by atoms with Gasteiger partial charge in [0.15, 0.2) is 0 Å². The van der Waals surface area contributed by atoms with E-state index in [-0.39, 0.29) is 42.8 Å². The summed E-state index contributed by atoms with van der Waals surface area (Å²) >= 11 is 0. The van der Waals surface area contributed by atoms with Crippen LogP contribution in [-0.4, -0.2) is 64.7 Å². The van der Waals surface area contributed by atoms with Crippen molar-refractivity contribution >= 4 is 23.9 Å². The Morgan fingerprint density at radius 3 is 2.36 bits per heavy atom. The lowest BCUT2D eigenvalue weighted by molar-refractivity contribution is -0.148. The summed E-state index contributed by atoms with van der Waals surface area (Å²) in [6, 6.07) is 2.69. The largest absolute Gasteiger partial charge is 0.507 e. The standard InChI is InChI=1S/C29H45N3O7/c1-8-38-23(33)15-16-30-26(35)24(21-14-9-11-19(4)25(21)34)32(20-12-10-13-20)27(36)22(17-18(2)3)31-28(37)39-29(5,6)7/h9,11,14,18,20,22,24,34H,8,10,12-13,15-17H2,1-7H3,(H,30,35)(H,31,37). The van der Waals surface area contributed by atoms with Crippen molar-refractivity contribution in [2.24, 2.45) is 5.92 Å². The minimum Gasteiger partial charge on any atom is -0.507 e. The molecule has 2 atom stereocenters. The lowest BCUT2D eigenvalue weighted by atomic mass is 9.87. The van der Waals surface area contributed by atoms with E-state index in [1.165, 1.54) is 4.90 Å². The molecule has 1 aliphatic carbocycles. The molecule has 0 aliphatic heterocycles. The number of phenolic OH excluding ortho intramolecular Hbond substituents is 1. The molecule has 0 aromatic heterocycles. The van der Waals surface area contributed by atoms with Crippen molar-refractivity contribution in [2.45, 2.75) is 104 Å². The van der Waals surface area contributed by atoms with Gasteiger partial charge in [-0.3, -0.25) is 14.4 Å². The summed E-state index contributed by atoms with van der Waals surface area (Å²) in [5.41, 5.74) is 0.0885. The van der Waals surface area contributed by atoms with Crippen LogP contribution in [0.15, 0.2) is 18.2 Å². The monoisotopic (exact) mass is 547 g/mol. The highest BCUT2D eigenvalue weighted by atomic mass is 16.6. The first kappa shape index (κ1) is 31.9. The Hall–Kier alpha value is -3.30. The van der Waals surface area contributed by atoms with Crippen LogP contribution >= 0.6 is 0 Å². The molecule has 0 spiro atoms. The molecule has 10 heteroatoms. The van der Waals surface area contributed by atoms with Crippen LogP contribution in [0.2, 0.25) is 0 Å². The van der Waals surface area contributed by atoms with Crippen molar-refractivity contribution in [3.63, 3.8) is 0 Å². The molecular formula is C29H45N3O7. The predicted octanol–water partition coefficient (Wildman–Crippen LogP) is 4.13. The average molecular weight is 548 g/mol. The molecule has 10 nitrogen and oxygen atoms in total. The van der Waals surface area contributed by atoms with Crippen LogP contribution in [0.4, 0.5) is 4.79 Å². The Bertz CT molecular complexity index is 1010. The number of alkyl carbamates (subject to hydrolysis) is 1. The molecule has 1 fully saturated rings. The Balaban J connectivity index is 2.48. The lowest BCUT2D eigenvalue weighted by Gasteiger charge is -2.44. The Labute approximate surface area is 231 Å². The summed E-state index contributed by atoms with van der Waals surface area (Å²) < 4.78 is 10.4. The summed E-state index contributed by atoms with van der Waals surface area (Å²) in [6.07, 6.45) is 1.85. The quantitative estimate of drug-likeness (QED) is 0.335. The number of nitrogens with one attached hydrogen (secondary N) is 2. The van der Waals surface area contributed by atoms with Gasteiger partial charge in [0.2, 0.25) is 11.8 Å². The number of hydrogen-bond acceptors (Lipinski definition) is 7. The van der Waals surface area contributed by atoms with Crippen molar-refractivity contribution < 1.29 is 33.8 Å². The van der Waals surface area contributed by atoms with E-state index in [1.807, 2.05) is 13.8 Å². The Morgan fingerprint density at radius 1 is 1.15 bits per heavy atom. The van der Waals surface area contributed by atoms with E-state index in [9.17, 15) is 24.3 Å². The summed E-state index contributed by atoms with van der Waals surface area (Å²) in [4.78, 5) is 54.0. The molecule has 3 amide bonds. The van der Waals surface area contributed by atoms with Gasteiger partial charge in [-0.1, -0.05) is 32.0 Å². The number of phenols is 1. The van der Waals surface area contributed by atoms with Gasteiger partial charge >= 0.3 is 12.1 Å². The SMILES string of the molecule is CCOC(=O)CCNC(=O)C(c1cccc(C)c1O)N(C(=O)C(CC(C)C)NC(=O)OC(C)(C)C)C1CCC1. The van der Waals surface area contributed by atoms with E-state index in [4.69, 9.17) is 9.47 Å².